The van der Waals surface area contributed by atoms with Gasteiger partial charge in [-0.15, -0.1) is 0 Å². The van der Waals surface area contributed by atoms with E-state index in [-0.39, 0.29) is 16.4 Å². The van der Waals surface area contributed by atoms with Gasteiger partial charge < -0.3 is 0 Å². The summed E-state index contributed by atoms with van der Waals surface area (Å²) in [4.78, 5) is 23.2. The van der Waals surface area contributed by atoms with Crippen molar-refractivity contribution >= 4 is 29.1 Å². The summed E-state index contributed by atoms with van der Waals surface area (Å²) < 4.78 is 0. The van der Waals surface area contributed by atoms with Gasteiger partial charge in [-0.05, 0) is 13.0 Å². The third kappa shape index (κ3) is 1.79. The van der Waals surface area contributed by atoms with Gasteiger partial charge in [-0.1, -0.05) is 17.7 Å². The molecule has 1 aromatic carbocycles. The number of hydrogen-bond acceptors (Lipinski definition) is 4. The number of halogens is 1. The first-order valence-electron chi connectivity index (χ1n) is 3.59. The molecule has 0 amide bonds. The summed E-state index contributed by atoms with van der Waals surface area (Å²) in [5.41, 5.74) is 0.243. The number of aryl methyl sites for hydroxylation is 1. The van der Waals surface area contributed by atoms with Crippen LogP contribution in [0.1, 0.15) is 5.56 Å². The molecule has 1 aromatic rings. The van der Waals surface area contributed by atoms with Gasteiger partial charge in [0.2, 0.25) is 6.08 Å². The molecule has 1 rings (SSSR count). The van der Waals surface area contributed by atoms with E-state index in [0.29, 0.717) is 5.56 Å². The standard InChI is InChI=1S/C8H5ClN2O3/c1-5-2-3-6(10-4-12)7(9)8(5)11(13)14/h2-3H,1H3. The quantitative estimate of drug-likeness (QED) is 0.327. The summed E-state index contributed by atoms with van der Waals surface area (Å²) in [6, 6.07) is 2.90. The maximum absolute atomic E-state index is 10.6. The third-order valence-electron chi connectivity index (χ3n) is 1.65. The van der Waals surface area contributed by atoms with Crippen molar-refractivity contribution in [3.05, 3.63) is 32.8 Å². The fraction of sp³-hybridized carbons (Fsp3) is 0.125. The minimum Gasteiger partial charge on any atom is -0.258 e. The molecule has 0 aliphatic carbocycles. The summed E-state index contributed by atoms with van der Waals surface area (Å²) in [6.45, 7) is 1.55. The molecule has 14 heavy (non-hydrogen) atoms. The molecule has 0 aromatic heterocycles. The third-order valence-corrected chi connectivity index (χ3v) is 2.02. The number of benzene rings is 1. The van der Waals surface area contributed by atoms with Crippen molar-refractivity contribution in [1.29, 1.82) is 0 Å². The number of nitro benzene ring substituents is 1. The lowest BCUT2D eigenvalue weighted by molar-refractivity contribution is -0.385. The predicted molar refractivity (Wildman–Crippen MR) is 50.6 cm³/mol. The molecule has 72 valence electrons. The first kappa shape index (κ1) is 10.4. The SMILES string of the molecule is Cc1ccc(N=C=O)c(Cl)c1[N+](=O)[O-]. The fourth-order valence-electron chi connectivity index (χ4n) is 1.01. The maximum Gasteiger partial charge on any atom is 0.292 e. The first-order valence-corrected chi connectivity index (χ1v) is 3.97. The van der Waals surface area contributed by atoms with Crippen LogP contribution in [0.2, 0.25) is 5.02 Å². The van der Waals surface area contributed by atoms with Crippen LogP contribution >= 0.6 is 11.6 Å². The molecule has 0 bridgehead atoms. The molecule has 0 unspecified atom stereocenters. The highest BCUT2D eigenvalue weighted by Gasteiger charge is 2.18. The molecule has 0 N–H and O–H groups in total. The molecule has 0 aliphatic rings. The van der Waals surface area contributed by atoms with E-state index in [4.69, 9.17) is 11.6 Å². The van der Waals surface area contributed by atoms with Gasteiger partial charge in [-0.2, -0.15) is 4.99 Å². The van der Waals surface area contributed by atoms with Crippen molar-refractivity contribution in [1.82, 2.24) is 0 Å². The Hall–Kier alpha value is -1.71. The topological polar surface area (TPSA) is 72.6 Å². The van der Waals surface area contributed by atoms with E-state index in [1.807, 2.05) is 0 Å². The zero-order valence-corrected chi connectivity index (χ0v) is 7.91. The smallest absolute Gasteiger partial charge is 0.258 e. The summed E-state index contributed by atoms with van der Waals surface area (Å²) in [6.07, 6.45) is 1.28. The van der Waals surface area contributed by atoms with Crippen LogP contribution in [0.4, 0.5) is 11.4 Å². The Kier molecular flexibility index (Phi) is 2.96. The average Bonchev–Trinajstić information content (AvgIpc) is 2.10. The summed E-state index contributed by atoms with van der Waals surface area (Å²) in [5.74, 6) is 0. The molecule has 0 fully saturated rings. The van der Waals surface area contributed by atoms with Crippen LogP contribution in [0, 0.1) is 17.0 Å². The molecular weight excluding hydrogens is 208 g/mol. The van der Waals surface area contributed by atoms with Crippen LogP contribution < -0.4 is 0 Å². The number of nitro groups is 1. The van der Waals surface area contributed by atoms with Crippen LogP contribution in [0.15, 0.2) is 17.1 Å². The van der Waals surface area contributed by atoms with Crippen LogP contribution in [0.25, 0.3) is 0 Å². The van der Waals surface area contributed by atoms with Crippen molar-refractivity contribution in [3.8, 4) is 0 Å². The zero-order valence-electron chi connectivity index (χ0n) is 7.15. The van der Waals surface area contributed by atoms with Crippen LogP contribution in [0.3, 0.4) is 0 Å². The van der Waals surface area contributed by atoms with Gasteiger partial charge in [0.25, 0.3) is 5.69 Å². The highest BCUT2D eigenvalue weighted by Crippen LogP contribution is 2.35. The van der Waals surface area contributed by atoms with Crippen LogP contribution in [-0.4, -0.2) is 11.0 Å². The largest absolute Gasteiger partial charge is 0.292 e. The van der Waals surface area contributed by atoms with Crippen LogP contribution in [0.5, 0.6) is 0 Å². The molecule has 6 heteroatoms. The Labute approximate surface area is 84.2 Å². The van der Waals surface area contributed by atoms with Gasteiger partial charge >= 0.3 is 0 Å². The fourth-order valence-corrected chi connectivity index (χ4v) is 1.33. The molecule has 0 heterocycles. The minimum absolute atomic E-state index is 0.0546. The summed E-state index contributed by atoms with van der Waals surface area (Å²) in [5, 5.41) is 10.4. The van der Waals surface area contributed by atoms with Gasteiger partial charge in [0.15, 0.2) is 0 Å². The molecule has 0 saturated heterocycles. The molecule has 0 aliphatic heterocycles. The van der Waals surface area contributed by atoms with Gasteiger partial charge in [-0.3, -0.25) is 10.1 Å². The molecule has 0 radical (unpaired) electrons. The molecule has 0 atom stereocenters. The first-order chi connectivity index (χ1) is 6.57. The van der Waals surface area contributed by atoms with E-state index >= 15 is 0 Å². The number of rotatable bonds is 2. The van der Waals surface area contributed by atoms with Crippen LogP contribution in [-0.2, 0) is 4.79 Å². The Bertz CT molecular complexity index is 438. The van der Waals surface area contributed by atoms with Crippen molar-refractivity contribution < 1.29 is 9.72 Å². The van der Waals surface area contributed by atoms with Crippen molar-refractivity contribution in [2.75, 3.05) is 0 Å². The molecule has 0 spiro atoms. The predicted octanol–water partition coefficient (Wildman–Crippen LogP) is 2.52. The van der Waals surface area contributed by atoms with E-state index in [0.717, 1.165) is 0 Å². The van der Waals surface area contributed by atoms with E-state index in [9.17, 15) is 14.9 Å². The minimum atomic E-state index is -0.610. The van der Waals surface area contributed by atoms with Gasteiger partial charge in [0.1, 0.15) is 10.7 Å². The Morgan fingerprint density at radius 1 is 1.57 bits per heavy atom. The Balaban J connectivity index is 3.48. The lowest BCUT2D eigenvalue weighted by atomic mass is 10.2. The zero-order chi connectivity index (χ0) is 10.7. The van der Waals surface area contributed by atoms with Gasteiger partial charge in [0, 0.05) is 5.56 Å². The van der Waals surface area contributed by atoms with E-state index in [2.05, 4.69) is 4.99 Å². The lowest BCUT2D eigenvalue weighted by Crippen LogP contribution is -1.92. The maximum atomic E-state index is 10.6. The number of nitrogens with zero attached hydrogens (tertiary/aromatic N) is 2. The Morgan fingerprint density at radius 2 is 2.21 bits per heavy atom. The number of carbonyl (C=O) groups excluding carboxylic acids is 1. The van der Waals surface area contributed by atoms with Crippen molar-refractivity contribution in [3.63, 3.8) is 0 Å². The summed E-state index contributed by atoms with van der Waals surface area (Å²) in [7, 11) is 0. The van der Waals surface area contributed by atoms with Crippen molar-refractivity contribution in [2.24, 2.45) is 4.99 Å². The van der Waals surface area contributed by atoms with E-state index < -0.39 is 4.92 Å². The monoisotopic (exact) mass is 212 g/mol. The second-order valence-electron chi connectivity index (χ2n) is 2.52. The Morgan fingerprint density at radius 3 is 2.71 bits per heavy atom. The van der Waals surface area contributed by atoms with E-state index in [1.165, 1.54) is 18.2 Å². The second kappa shape index (κ2) is 4.00. The summed E-state index contributed by atoms with van der Waals surface area (Å²) >= 11 is 5.67. The normalized spacial score (nSPS) is 9.29. The number of isocyanates is 1. The van der Waals surface area contributed by atoms with E-state index in [1.54, 1.807) is 6.92 Å². The highest BCUT2D eigenvalue weighted by atomic mass is 35.5. The average molecular weight is 213 g/mol. The number of aliphatic imine (C=N–C) groups is 1. The van der Waals surface area contributed by atoms with Gasteiger partial charge in [-0.25, -0.2) is 4.79 Å². The lowest BCUT2D eigenvalue weighted by Gasteiger charge is -2.00. The highest BCUT2D eigenvalue weighted by molar-refractivity contribution is 6.35. The van der Waals surface area contributed by atoms with Gasteiger partial charge in [0.05, 0.1) is 4.92 Å². The second-order valence-corrected chi connectivity index (χ2v) is 2.90. The number of hydrogen-bond donors (Lipinski definition) is 0. The molecular formula is C8H5ClN2O3. The van der Waals surface area contributed by atoms with Crippen molar-refractivity contribution in [2.45, 2.75) is 6.92 Å². The molecule has 5 nitrogen and oxygen atoms in total. The molecule has 0 saturated carbocycles.